The second kappa shape index (κ2) is 6.04. The molecule has 0 saturated carbocycles. The van der Waals surface area contributed by atoms with Gasteiger partial charge in [-0.15, -0.1) is 0 Å². The summed E-state index contributed by atoms with van der Waals surface area (Å²) in [5.41, 5.74) is 0.451. The van der Waals surface area contributed by atoms with E-state index in [1.807, 2.05) is 0 Å². The van der Waals surface area contributed by atoms with Crippen LogP contribution in [0.1, 0.15) is 25.0 Å². The molecule has 0 aliphatic carbocycles. The van der Waals surface area contributed by atoms with Crippen molar-refractivity contribution in [3.05, 3.63) is 20.7 Å². The average molecular weight is 321 g/mol. The molecular formula is C10H15N3O5S2. The van der Waals surface area contributed by atoms with Crippen molar-refractivity contribution in [3.8, 4) is 0 Å². The number of aromatic amines is 1. The van der Waals surface area contributed by atoms with Gasteiger partial charge in [-0.05, 0) is 19.3 Å². The molecule has 0 spiro atoms. The predicted octanol–water partition coefficient (Wildman–Crippen LogP) is -0.290. The maximum absolute atomic E-state index is 12.1. The van der Waals surface area contributed by atoms with Crippen LogP contribution >= 0.6 is 11.3 Å². The van der Waals surface area contributed by atoms with Crippen molar-refractivity contribution in [3.63, 3.8) is 0 Å². The number of aliphatic carboxylic acids is 1. The van der Waals surface area contributed by atoms with Crippen LogP contribution in [0, 0.1) is 0 Å². The third-order valence-electron chi connectivity index (χ3n) is 3.06. The van der Waals surface area contributed by atoms with Crippen LogP contribution in [0.5, 0.6) is 0 Å². The summed E-state index contributed by atoms with van der Waals surface area (Å²) in [6.07, 6.45) is 1.65. The van der Waals surface area contributed by atoms with Gasteiger partial charge in [-0.3, -0.25) is 9.59 Å². The van der Waals surface area contributed by atoms with Crippen LogP contribution in [-0.4, -0.2) is 41.4 Å². The Hall–Kier alpha value is -1.23. The molecule has 1 aromatic heterocycles. The average Bonchev–Trinajstić information content (AvgIpc) is 2.82. The number of hydrogen-bond acceptors (Lipinski definition) is 5. The molecule has 3 N–H and O–H groups in total. The van der Waals surface area contributed by atoms with E-state index in [-0.39, 0.29) is 18.0 Å². The van der Waals surface area contributed by atoms with E-state index in [2.05, 4.69) is 9.71 Å². The Morgan fingerprint density at radius 1 is 1.55 bits per heavy atom. The van der Waals surface area contributed by atoms with Crippen LogP contribution in [0.2, 0.25) is 0 Å². The fourth-order valence-corrected chi connectivity index (χ4v) is 4.08. The molecule has 112 valence electrons. The second-order valence-electron chi connectivity index (χ2n) is 4.46. The summed E-state index contributed by atoms with van der Waals surface area (Å²) in [7, 11) is -3.88. The lowest BCUT2D eigenvalue weighted by molar-refractivity contribution is -0.142. The molecule has 1 aliphatic rings. The highest BCUT2D eigenvalue weighted by Crippen LogP contribution is 2.20. The first-order chi connectivity index (χ1) is 9.40. The van der Waals surface area contributed by atoms with Crippen molar-refractivity contribution >= 4 is 27.5 Å². The van der Waals surface area contributed by atoms with E-state index in [1.54, 1.807) is 0 Å². The van der Waals surface area contributed by atoms with Crippen molar-refractivity contribution in [2.45, 2.75) is 31.8 Å². The zero-order valence-electron chi connectivity index (χ0n) is 10.5. The molecule has 1 unspecified atom stereocenters. The number of rotatable bonds is 5. The first-order valence-electron chi connectivity index (χ1n) is 6.06. The van der Waals surface area contributed by atoms with Crippen LogP contribution in [-0.2, 0) is 21.5 Å². The minimum absolute atomic E-state index is 0.0656. The molecule has 8 nitrogen and oxygen atoms in total. The molecule has 1 saturated heterocycles. The normalized spacial score (nSPS) is 20.9. The largest absolute Gasteiger partial charge is 0.480 e. The summed E-state index contributed by atoms with van der Waals surface area (Å²) in [4.78, 5) is 24.3. The van der Waals surface area contributed by atoms with E-state index >= 15 is 0 Å². The molecule has 0 aromatic carbocycles. The van der Waals surface area contributed by atoms with Gasteiger partial charge in [0.2, 0.25) is 0 Å². The SMILES string of the molecule is O=C(O)C1CCCCN1S(=O)(=O)NCc1csc(=O)[nH]1. The highest BCUT2D eigenvalue weighted by atomic mass is 32.2. The lowest BCUT2D eigenvalue weighted by Crippen LogP contribution is -2.51. The van der Waals surface area contributed by atoms with E-state index in [1.165, 1.54) is 5.38 Å². The van der Waals surface area contributed by atoms with Gasteiger partial charge in [0.05, 0.1) is 6.54 Å². The molecule has 2 heterocycles. The van der Waals surface area contributed by atoms with Crippen LogP contribution in [0.25, 0.3) is 0 Å². The smallest absolute Gasteiger partial charge is 0.322 e. The number of thiazole rings is 1. The summed E-state index contributed by atoms with van der Waals surface area (Å²) < 4.78 is 27.6. The van der Waals surface area contributed by atoms with Gasteiger partial charge < -0.3 is 10.1 Å². The Bertz CT molecular complexity index is 635. The first kappa shape index (κ1) is 15.2. The molecule has 2 rings (SSSR count). The van der Waals surface area contributed by atoms with Crippen molar-refractivity contribution in [1.82, 2.24) is 14.0 Å². The Morgan fingerprint density at radius 2 is 2.30 bits per heavy atom. The summed E-state index contributed by atoms with van der Waals surface area (Å²) in [5, 5.41) is 10.6. The number of H-pyrrole nitrogens is 1. The van der Waals surface area contributed by atoms with Gasteiger partial charge in [0.1, 0.15) is 6.04 Å². The Labute approximate surface area is 119 Å². The number of carbonyl (C=O) groups is 1. The quantitative estimate of drug-likeness (QED) is 0.688. The van der Waals surface area contributed by atoms with Gasteiger partial charge in [-0.1, -0.05) is 11.3 Å². The van der Waals surface area contributed by atoms with Crippen LogP contribution in [0.4, 0.5) is 0 Å². The zero-order valence-corrected chi connectivity index (χ0v) is 12.2. The Balaban J connectivity index is 2.08. The maximum Gasteiger partial charge on any atom is 0.322 e. The molecule has 1 aromatic rings. The second-order valence-corrected chi connectivity index (χ2v) is 7.01. The lowest BCUT2D eigenvalue weighted by atomic mass is 10.1. The van der Waals surface area contributed by atoms with Gasteiger partial charge in [-0.2, -0.15) is 17.4 Å². The molecule has 1 aliphatic heterocycles. The number of carboxylic acid groups (broad SMARTS) is 1. The minimum Gasteiger partial charge on any atom is -0.480 e. The van der Waals surface area contributed by atoms with E-state index in [0.717, 1.165) is 15.6 Å². The number of hydrogen-bond donors (Lipinski definition) is 3. The predicted molar refractivity (Wildman–Crippen MR) is 72.7 cm³/mol. The summed E-state index contributed by atoms with van der Waals surface area (Å²) in [6.45, 7) is 0.121. The molecule has 0 amide bonds. The van der Waals surface area contributed by atoms with E-state index in [0.29, 0.717) is 25.0 Å². The fraction of sp³-hybridized carbons (Fsp3) is 0.600. The summed E-state index contributed by atoms with van der Waals surface area (Å²) in [5.74, 6) is -1.14. The van der Waals surface area contributed by atoms with Crippen molar-refractivity contribution in [2.75, 3.05) is 6.54 Å². The molecule has 10 heteroatoms. The molecule has 20 heavy (non-hydrogen) atoms. The molecular weight excluding hydrogens is 306 g/mol. The van der Waals surface area contributed by atoms with Crippen molar-refractivity contribution in [2.24, 2.45) is 0 Å². The van der Waals surface area contributed by atoms with E-state index in [9.17, 15) is 18.0 Å². The summed E-state index contributed by atoms with van der Waals surface area (Å²) in [6, 6.07) is -1.03. The fourth-order valence-electron chi connectivity index (χ4n) is 2.09. The molecule has 0 radical (unpaired) electrons. The van der Waals surface area contributed by atoms with Gasteiger partial charge >= 0.3 is 10.8 Å². The number of aromatic nitrogens is 1. The molecule has 0 bridgehead atoms. The van der Waals surface area contributed by atoms with Crippen LogP contribution in [0.3, 0.4) is 0 Å². The number of nitrogens with one attached hydrogen (secondary N) is 2. The first-order valence-corrected chi connectivity index (χ1v) is 8.38. The minimum atomic E-state index is -3.88. The van der Waals surface area contributed by atoms with Crippen LogP contribution in [0.15, 0.2) is 10.2 Å². The highest BCUT2D eigenvalue weighted by Gasteiger charge is 2.36. The molecule has 1 fully saturated rings. The van der Waals surface area contributed by atoms with Crippen molar-refractivity contribution < 1.29 is 18.3 Å². The van der Waals surface area contributed by atoms with Crippen LogP contribution < -0.4 is 9.60 Å². The Kier molecular flexibility index (Phi) is 4.58. The van der Waals surface area contributed by atoms with E-state index < -0.39 is 22.2 Å². The van der Waals surface area contributed by atoms with E-state index in [4.69, 9.17) is 5.11 Å². The van der Waals surface area contributed by atoms with Gasteiger partial charge in [0.25, 0.3) is 10.2 Å². The number of piperidine rings is 1. The Morgan fingerprint density at radius 3 is 2.90 bits per heavy atom. The molecule has 1 atom stereocenters. The lowest BCUT2D eigenvalue weighted by Gasteiger charge is -2.31. The van der Waals surface area contributed by atoms with Crippen molar-refractivity contribution in [1.29, 1.82) is 0 Å². The topological polar surface area (TPSA) is 120 Å². The third kappa shape index (κ3) is 3.45. The van der Waals surface area contributed by atoms with Gasteiger partial charge in [0, 0.05) is 17.6 Å². The number of nitrogens with zero attached hydrogens (tertiary/aromatic N) is 1. The van der Waals surface area contributed by atoms with Gasteiger partial charge in [-0.25, -0.2) is 0 Å². The zero-order chi connectivity index (χ0) is 14.8. The van der Waals surface area contributed by atoms with Gasteiger partial charge in [0.15, 0.2) is 0 Å². The monoisotopic (exact) mass is 321 g/mol. The maximum atomic E-state index is 12.1. The number of carboxylic acids is 1. The standard InChI is InChI=1S/C10H15N3O5S2/c14-9(15)8-3-1-2-4-13(8)20(17,18)11-5-7-6-19-10(16)12-7/h6,8,11H,1-5H2,(H,12,16)(H,14,15). The third-order valence-corrected chi connectivity index (χ3v) is 5.35. The summed E-state index contributed by atoms with van der Waals surface area (Å²) >= 11 is 0.942. The highest BCUT2D eigenvalue weighted by molar-refractivity contribution is 7.87.